The van der Waals surface area contributed by atoms with Crippen molar-refractivity contribution in [3.63, 3.8) is 0 Å². The maximum atomic E-state index is 11.5. The first-order chi connectivity index (χ1) is 9.25. The van der Waals surface area contributed by atoms with Crippen LogP contribution in [-0.2, 0) is 11.3 Å². The fourth-order valence-electron chi connectivity index (χ4n) is 2.27. The Morgan fingerprint density at radius 3 is 2.95 bits per heavy atom. The molecule has 1 aromatic heterocycles. The number of fused-ring (bicyclic) bond motifs is 1. The lowest BCUT2D eigenvalue weighted by atomic mass is 10.3. The molecule has 0 atom stereocenters. The van der Waals surface area contributed by atoms with Crippen molar-refractivity contribution < 1.29 is 4.79 Å². The van der Waals surface area contributed by atoms with Gasteiger partial charge in [-0.15, -0.1) is 0 Å². The minimum absolute atomic E-state index is 0.0560. The second-order valence-electron chi connectivity index (χ2n) is 4.48. The zero-order chi connectivity index (χ0) is 13.2. The molecule has 19 heavy (non-hydrogen) atoms. The molecule has 0 bridgehead atoms. The highest BCUT2D eigenvalue weighted by Gasteiger charge is 2.24. The first-order valence-corrected chi connectivity index (χ1v) is 6.64. The number of hydrogen-bond acceptors (Lipinski definition) is 3. The van der Waals surface area contributed by atoms with Crippen LogP contribution >= 0.6 is 12.2 Å². The Kier molecular flexibility index (Phi) is 3.16. The van der Waals surface area contributed by atoms with Crippen LogP contribution in [0.2, 0.25) is 0 Å². The summed E-state index contributed by atoms with van der Waals surface area (Å²) in [6.07, 6.45) is 2.70. The van der Waals surface area contributed by atoms with Crippen LogP contribution in [0.3, 0.4) is 0 Å². The third kappa shape index (κ3) is 2.31. The number of aryl methyl sites for hydroxylation is 1. The highest BCUT2D eigenvalue weighted by molar-refractivity contribution is 7.80. The van der Waals surface area contributed by atoms with E-state index in [0.29, 0.717) is 18.2 Å². The second-order valence-corrected chi connectivity index (χ2v) is 4.87. The largest absolute Gasteiger partial charge is 0.353 e. The van der Waals surface area contributed by atoms with E-state index < -0.39 is 0 Å². The predicted octanol–water partition coefficient (Wildman–Crippen LogP) is 1.14. The van der Waals surface area contributed by atoms with Crippen LogP contribution in [0.5, 0.6) is 0 Å². The number of nitrogens with zero attached hydrogens (tertiary/aromatic N) is 3. The number of amides is 1. The van der Waals surface area contributed by atoms with Crippen LogP contribution in [0.1, 0.15) is 6.42 Å². The van der Waals surface area contributed by atoms with Gasteiger partial charge in [0.15, 0.2) is 5.11 Å². The number of para-hydroxylation sites is 2. The van der Waals surface area contributed by atoms with Gasteiger partial charge in [0.25, 0.3) is 0 Å². The van der Waals surface area contributed by atoms with Gasteiger partial charge < -0.3 is 9.88 Å². The summed E-state index contributed by atoms with van der Waals surface area (Å²) in [5.41, 5.74) is 2.12. The number of imidazole rings is 1. The van der Waals surface area contributed by atoms with E-state index in [-0.39, 0.29) is 5.91 Å². The Balaban J connectivity index is 1.63. The van der Waals surface area contributed by atoms with E-state index in [0.717, 1.165) is 24.0 Å². The smallest absolute Gasteiger partial charge is 0.248 e. The van der Waals surface area contributed by atoms with Gasteiger partial charge in [0.2, 0.25) is 5.91 Å². The molecular formula is C13H14N4OS. The molecule has 0 unspecified atom stereocenters. The molecule has 1 aliphatic heterocycles. The van der Waals surface area contributed by atoms with Gasteiger partial charge >= 0.3 is 0 Å². The summed E-state index contributed by atoms with van der Waals surface area (Å²) in [6.45, 7) is 1.80. The quantitative estimate of drug-likeness (QED) is 0.850. The van der Waals surface area contributed by atoms with Crippen LogP contribution in [-0.4, -0.2) is 38.6 Å². The van der Waals surface area contributed by atoms with Crippen LogP contribution in [0.25, 0.3) is 11.0 Å². The minimum atomic E-state index is 0.0560. The molecule has 6 heteroatoms. The van der Waals surface area contributed by atoms with Gasteiger partial charge in [-0.3, -0.25) is 9.69 Å². The lowest BCUT2D eigenvalue weighted by Crippen LogP contribution is -2.32. The van der Waals surface area contributed by atoms with E-state index in [9.17, 15) is 4.79 Å². The maximum Gasteiger partial charge on any atom is 0.248 e. The van der Waals surface area contributed by atoms with Crippen molar-refractivity contribution in [1.29, 1.82) is 0 Å². The van der Waals surface area contributed by atoms with E-state index in [1.165, 1.54) is 0 Å². The Hall–Kier alpha value is -1.95. The fraction of sp³-hybridized carbons (Fsp3) is 0.308. The molecule has 1 N–H and O–H groups in total. The normalized spacial score (nSPS) is 15.3. The number of carbonyl (C=O) groups is 1. The van der Waals surface area contributed by atoms with Gasteiger partial charge in [-0.05, 0) is 30.8 Å². The average molecular weight is 274 g/mol. The summed E-state index contributed by atoms with van der Waals surface area (Å²) in [4.78, 5) is 17.5. The lowest BCUT2D eigenvalue weighted by Gasteiger charge is -2.14. The molecule has 5 nitrogen and oxygen atoms in total. The maximum absolute atomic E-state index is 11.5. The van der Waals surface area contributed by atoms with Crippen molar-refractivity contribution in [2.45, 2.75) is 13.0 Å². The second kappa shape index (κ2) is 4.97. The van der Waals surface area contributed by atoms with E-state index >= 15 is 0 Å². The first-order valence-electron chi connectivity index (χ1n) is 6.24. The molecule has 2 aromatic rings. The van der Waals surface area contributed by atoms with Gasteiger partial charge in [0.1, 0.15) is 0 Å². The number of nitrogens with one attached hydrogen (secondary N) is 1. The van der Waals surface area contributed by atoms with Crippen molar-refractivity contribution in [1.82, 2.24) is 19.8 Å². The van der Waals surface area contributed by atoms with Crippen molar-refractivity contribution >= 4 is 34.3 Å². The van der Waals surface area contributed by atoms with Crippen LogP contribution in [0.4, 0.5) is 0 Å². The van der Waals surface area contributed by atoms with Gasteiger partial charge in [0.05, 0.1) is 23.9 Å². The molecule has 1 aromatic carbocycles. The highest BCUT2D eigenvalue weighted by Crippen LogP contribution is 2.12. The van der Waals surface area contributed by atoms with Gasteiger partial charge in [0, 0.05) is 13.1 Å². The average Bonchev–Trinajstić information content (AvgIpc) is 2.97. The monoisotopic (exact) mass is 274 g/mol. The van der Waals surface area contributed by atoms with Gasteiger partial charge in [-0.25, -0.2) is 4.98 Å². The minimum Gasteiger partial charge on any atom is -0.353 e. The summed E-state index contributed by atoms with van der Waals surface area (Å²) < 4.78 is 2.10. The third-order valence-corrected chi connectivity index (χ3v) is 3.61. The molecule has 1 fully saturated rings. The summed E-state index contributed by atoms with van der Waals surface area (Å²) in [5.74, 6) is 0.0560. The molecule has 0 radical (unpaired) electrons. The number of aromatic nitrogens is 2. The van der Waals surface area contributed by atoms with Crippen LogP contribution in [0, 0.1) is 0 Å². The summed E-state index contributed by atoms with van der Waals surface area (Å²) in [5, 5.41) is 3.42. The molecular weight excluding hydrogens is 260 g/mol. The van der Waals surface area contributed by atoms with E-state index in [1.54, 1.807) is 4.90 Å². The van der Waals surface area contributed by atoms with E-state index in [4.69, 9.17) is 12.2 Å². The van der Waals surface area contributed by atoms with Crippen molar-refractivity contribution in [3.8, 4) is 0 Å². The van der Waals surface area contributed by atoms with E-state index in [1.807, 2.05) is 24.5 Å². The molecule has 0 aliphatic carbocycles. The van der Waals surface area contributed by atoms with Gasteiger partial charge in [-0.1, -0.05) is 12.1 Å². The summed E-state index contributed by atoms with van der Waals surface area (Å²) >= 11 is 5.08. The van der Waals surface area contributed by atoms with Crippen LogP contribution in [0.15, 0.2) is 30.6 Å². The third-order valence-electron chi connectivity index (χ3n) is 3.25. The molecule has 1 amide bonds. The predicted molar refractivity (Wildman–Crippen MR) is 76.7 cm³/mol. The Morgan fingerprint density at radius 1 is 1.32 bits per heavy atom. The lowest BCUT2D eigenvalue weighted by molar-refractivity contribution is -0.124. The molecule has 2 heterocycles. The van der Waals surface area contributed by atoms with Crippen molar-refractivity contribution in [3.05, 3.63) is 30.6 Å². The molecule has 3 rings (SSSR count). The number of benzene rings is 1. The molecule has 1 saturated heterocycles. The van der Waals surface area contributed by atoms with Crippen molar-refractivity contribution in [2.24, 2.45) is 0 Å². The number of carbonyl (C=O) groups excluding carboxylic acids is 1. The molecule has 0 spiro atoms. The van der Waals surface area contributed by atoms with Gasteiger partial charge in [-0.2, -0.15) is 0 Å². The van der Waals surface area contributed by atoms with Crippen molar-refractivity contribution in [2.75, 3.05) is 13.1 Å². The fourth-order valence-corrected chi connectivity index (χ4v) is 2.53. The standard InChI is InChI=1S/C13H14N4OS/c18-12-8-14-13(19)17(12)7-3-6-16-9-15-10-4-1-2-5-11(10)16/h1-2,4-5,9H,3,6-8H2,(H,14,19). The Bertz CT molecular complexity index is 620. The molecule has 98 valence electrons. The van der Waals surface area contributed by atoms with Crippen LogP contribution < -0.4 is 5.32 Å². The van der Waals surface area contributed by atoms with E-state index in [2.05, 4.69) is 20.9 Å². The summed E-state index contributed by atoms with van der Waals surface area (Å²) in [7, 11) is 0. The highest BCUT2D eigenvalue weighted by atomic mass is 32.1. The number of thiocarbonyl (C=S) groups is 1. The zero-order valence-corrected chi connectivity index (χ0v) is 11.2. The zero-order valence-electron chi connectivity index (χ0n) is 10.4. The molecule has 0 saturated carbocycles. The Labute approximate surface area is 116 Å². The summed E-state index contributed by atoms with van der Waals surface area (Å²) in [6, 6.07) is 8.03. The molecule has 1 aliphatic rings. The Morgan fingerprint density at radius 2 is 2.16 bits per heavy atom. The number of hydrogen-bond donors (Lipinski definition) is 1. The SMILES string of the molecule is O=C1CNC(=S)N1CCCn1cnc2ccccc21. The first kappa shape index (κ1) is 12.1. The number of rotatable bonds is 4. The topological polar surface area (TPSA) is 50.2 Å².